The van der Waals surface area contributed by atoms with Crippen LogP contribution in [0.2, 0.25) is 0 Å². The van der Waals surface area contributed by atoms with E-state index >= 15 is 0 Å². The zero-order valence-corrected chi connectivity index (χ0v) is 8.31. The Labute approximate surface area is 92.4 Å². The van der Waals surface area contributed by atoms with Crippen LogP contribution in [0, 0.1) is 39.8 Å². The molecule has 78 valence electrons. The maximum absolute atomic E-state index is 13.1. The van der Waals surface area contributed by atoms with Gasteiger partial charge in [-0.2, -0.15) is 15.8 Å². The van der Waals surface area contributed by atoms with Gasteiger partial charge in [0.1, 0.15) is 18.9 Å². The molecule has 0 amide bonds. The molecule has 0 aliphatic heterocycles. The van der Waals surface area contributed by atoms with Gasteiger partial charge in [-0.3, -0.25) is 0 Å². The number of nitrogens with zero attached hydrogens (tertiary/aromatic N) is 4. The number of benzene rings is 1. The lowest BCUT2D eigenvalue weighted by atomic mass is 10.2. The van der Waals surface area contributed by atoms with Crippen molar-refractivity contribution in [1.29, 1.82) is 15.8 Å². The van der Waals surface area contributed by atoms with Gasteiger partial charge in [-0.25, -0.2) is 4.39 Å². The monoisotopic (exact) mass is 214 g/mol. The SMILES string of the molecule is N#CCN(CC#N)c1cc(F)cc(C#N)c1. The maximum atomic E-state index is 13.1. The quantitative estimate of drug-likeness (QED) is 0.715. The molecule has 0 N–H and O–H groups in total. The van der Waals surface area contributed by atoms with Crippen LogP contribution in [0.3, 0.4) is 0 Å². The first-order valence-corrected chi connectivity index (χ1v) is 4.41. The van der Waals surface area contributed by atoms with Crippen LogP contribution in [0.25, 0.3) is 0 Å². The third-order valence-corrected chi connectivity index (χ3v) is 1.90. The molecule has 1 aromatic carbocycles. The Hall–Kier alpha value is -2.58. The predicted molar refractivity (Wildman–Crippen MR) is 54.6 cm³/mol. The van der Waals surface area contributed by atoms with Gasteiger partial charge in [0.25, 0.3) is 0 Å². The van der Waals surface area contributed by atoms with Gasteiger partial charge in [0, 0.05) is 5.69 Å². The van der Waals surface area contributed by atoms with Gasteiger partial charge < -0.3 is 4.90 Å². The van der Waals surface area contributed by atoms with Crippen LogP contribution in [0.1, 0.15) is 5.56 Å². The Balaban J connectivity index is 3.11. The average molecular weight is 214 g/mol. The third kappa shape index (κ3) is 2.70. The summed E-state index contributed by atoms with van der Waals surface area (Å²) < 4.78 is 13.1. The summed E-state index contributed by atoms with van der Waals surface area (Å²) in [6.07, 6.45) is 0. The second kappa shape index (κ2) is 5.34. The molecule has 1 rings (SSSR count). The molecule has 16 heavy (non-hydrogen) atoms. The highest BCUT2D eigenvalue weighted by atomic mass is 19.1. The van der Waals surface area contributed by atoms with Crippen LogP contribution in [-0.2, 0) is 0 Å². The first-order valence-electron chi connectivity index (χ1n) is 4.41. The van der Waals surface area contributed by atoms with Crippen molar-refractivity contribution >= 4 is 5.69 Å². The molecule has 4 nitrogen and oxygen atoms in total. The number of nitriles is 3. The highest BCUT2D eigenvalue weighted by molar-refractivity contribution is 5.53. The first kappa shape index (κ1) is 11.5. The summed E-state index contributed by atoms with van der Waals surface area (Å²) in [6, 6.07) is 9.30. The van der Waals surface area contributed by atoms with Crippen molar-refractivity contribution < 1.29 is 4.39 Å². The third-order valence-electron chi connectivity index (χ3n) is 1.90. The van der Waals surface area contributed by atoms with Gasteiger partial charge >= 0.3 is 0 Å². The van der Waals surface area contributed by atoms with E-state index in [1.165, 1.54) is 17.0 Å². The van der Waals surface area contributed by atoms with E-state index in [0.29, 0.717) is 5.69 Å². The van der Waals surface area contributed by atoms with Crippen LogP contribution in [0.5, 0.6) is 0 Å². The summed E-state index contributed by atoms with van der Waals surface area (Å²) in [5, 5.41) is 25.8. The number of hydrogen-bond donors (Lipinski definition) is 0. The number of anilines is 1. The molecule has 0 spiro atoms. The second-order valence-electron chi connectivity index (χ2n) is 2.98. The molecular weight excluding hydrogens is 207 g/mol. The summed E-state index contributed by atoms with van der Waals surface area (Å²) in [5.74, 6) is -0.560. The second-order valence-corrected chi connectivity index (χ2v) is 2.98. The lowest BCUT2D eigenvalue weighted by molar-refractivity contribution is 0.626. The number of halogens is 1. The van der Waals surface area contributed by atoms with E-state index in [9.17, 15) is 4.39 Å². The van der Waals surface area contributed by atoms with Crippen LogP contribution in [0.15, 0.2) is 18.2 Å². The number of hydrogen-bond acceptors (Lipinski definition) is 4. The standard InChI is InChI=1S/C11H7FN4/c12-10-5-9(8-15)6-11(7-10)16(3-1-13)4-2-14/h5-7H,3-4H2. The van der Waals surface area contributed by atoms with Gasteiger partial charge in [-0.1, -0.05) is 0 Å². The molecular formula is C11H7FN4. The summed E-state index contributed by atoms with van der Waals surface area (Å²) in [4.78, 5) is 1.39. The Kier molecular flexibility index (Phi) is 3.83. The van der Waals surface area contributed by atoms with E-state index < -0.39 is 5.82 Å². The molecule has 1 aromatic rings. The molecule has 0 aliphatic rings. The lowest BCUT2D eigenvalue weighted by Crippen LogP contribution is -2.23. The molecule has 0 unspecified atom stereocenters. The molecule has 0 aliphatic carbocycles. The molecule has 0 bridgehead atoms. The highest BCUT2D eigenvalue weighted by Gasteiger charge is 2.08. The minimum absolute atomic E-state index is 0.0259. The highest BCUT2D eigenvalue weighted by Crippen LogP contribution is 2.17. The van der Waals surface area contributed by atoms with Crippen molar-refractivity contribution in [2.75, 3.05) is 18.0 Å². The van der Waals surface area contributed by atoms with Crippen molar-refractivity contribution in [2.24, 2.45) is 0 Å². The topological polar surface area (TPSA) is 74.6 Å². The molecule has 0 heterocycles. The largest absolute Gasteiger partial charge is 0.345 e. The minimum Gasteiger partial charge on any atom is -0.345 e. The zero-order chi connectivity index (χ0) is 12.0. The Morgan fingerprint density at radius 1 is 1.06 bits per heavy atom. The molecule has 0 saturated heterocycles. The van der Waals surface area contributed by atoms with Gasteiger partial charge in [-0.05, 0) is 18.2 Å². The van der Waals surface area contributed by atoms with Crippen LogP contribution < -0.4 is 4.90 Å². The Morgan fingerprint density at radius 2 is 1.69 bits per heavy atom. The van der Waals surface area contributed by atoms with Crippen molar-refractivity contribution in [3.05, 3.63) is 29.6 Å². The molecule has 0 fully saturated rings. The van der Waals surface area contributed by atoms with Crippen LogP contribution in [-0.4, -0.2) is 13.1 Å². The summed E-state index contributed by atoms with van der Waals surface area (Å²) in [6.45, 7) is -0.0518. The zero-order valence-electron chi connectivity index (χ0n) is 8.31. The lowest BCUT2D eigenvalue weighted by Gasteiger charge is -2.18. The molecule has 0 radical (unpaired) electrons. The van der Waals surface area contributed by atoms with Gasteiger partial charge in [0.15, 0.2) is 0 Å². The van der Waals surface area contributed by atoms with Gasteiger partial charge in [-0.15, -0.1) is 0 Å². The Bertz CT molecular complexity index is 488. The van der Waals surface area contributed by atoms with Crippen molar-refractivity contribution in [1.82, 2.24) is 0 Å². The van der Waals surface area contributed by atoms with Crippen molar-refractivity contribution in [3.8, 4) is 18.2 Å². The average Bonchev–Trinajstić information content (AvgIpc) is 2.28. The molecule has 0 atom stereocenters. The van der Waals surface area contributed by atoms with E-state index in [1.54, 1.807) is 0 Å². The van der Waals surface area contributed by atoms with Crippen molar-refractivity contribution in [2.45, 2.75) is 0 Å². The predicted octanol–water partition coefficient (Wildman–Crippen LogP) is 1.55. The molecule has 0 aromatic heterocycles. The van der Waals surface area contributed by atoms with Crippen LogP contribution >= 0.6 is 0 Å². The smallest absolute Gasteiger partial charge is 0.126 e. The molecule has 5 heteroatoms. The fraction of sp³-hybridized carbons (Fsp3) is 0.182. The van der Waals surface area contributed by atoms with E-state index in [0.717, 1.165) is 6.07 Å². The molecule has 0 saturated carbocycles. The fourth-order valence-corrected chi connectivity index (χ4v) is 1.23. The van der Waals surface area contributed by atoms with Crippen molar-refractivity contribution in [3.63, 3.8) is 0 Å². The van der Waals surface area contributed by atoms with Gasteiger partial charge in [0.05, 0.1) is 23.8 Å². The summed E-state index contributed by atoms with van der Waals surface area (Å²) in [5.41, 5.74) is 0.524. The van der Waals surface area contributed by atoms with E-state index in [-0.39, 0.29) is 18.7 Å². The Morgan fingerprint density at radius 3 is 2.19 bits per heavy atom. The summed E-state index contributed by atoms with van der Waals surface area (Å²) in [7, 11) is 0. The van der Waals surface area contributed by atoms with E-state index in [2.05, 4.69) is 0 Å². The normalized spacial score (nSPS) is 8.62. The van der Waals surface area contributed by atoms with Gasteiger partial charge in [0.2, 0.25) is 0 Å². The fourth-order valence-electron chi connectivity index (χ4n) is 1.23. The van der Waals surface area contributed by atoms with E-state index in [1.807, 2.05) is 18.2 Å². The first-order chi connectivity index (χ1) is 7.71. The maximum Gasteiger partial charge on any atom is 0.126 e. The number of rotatable bonds is 3. The summed E-state index contributed by atoms with van der Waals surface area (Å²) >= 11 is 0. The van der Waals surface area contributed by atoms with Crippen LogP contribution in [0.4, 0.5) is 10.1 Å². The van der Waals surface area contributed by atoms with E-state index in [4.69, 9.17) is 15.8 Å². The minimum atomic E-state index is -0.560.